The molecule has 186 valence electrons. The molecule has 1 saturated carbocycles. The summed E-state index contributed by atoms with van der Waals surface area (Å²) < 4.78 is 12.3. The number of ether oxygens (including phenoxy) is 2. The molecule has 3 aliphatic rings. The largest absolute Gasteiger partial charge is 0.490 e. The van der Waals surface area contributed by atoms with Gasteiger partial charge in [-0.2, -0.15) is 0 Å². The van der Waals surface area contributed by atoms with E-state index in [1.807, 2.05) is 17.5 Å². The van der Waals surface area contributed by atoms with Gasteiger partial charge in [-0.15, -0.1) is 11.3 Å². The van der Waals surface area contributed by atoms with Gasteiger partial charge in [0.05, 0.1) is 30.6 Å². The molecule has 2 aromatic rings. The van der Waals surface area contributed by atoms with E-state index < -0.39 is 0 Å². The Balaban J connectivity index is 1.23. The number of hydrogen-bond donors (Lipinski definition) is 2. The summed E-state index contributed by atoms with van der Waals surface area (Å²) in [7, 11) is 1.78. The van der Waals surface area contributed by atoms with Gasteiger partial charge >= 0.3 is 0 Å². The number of fused-ring (bicyclic) bond motifs is 2. The average Bonchev–Trinajstić information content (AvgIpc) is 3.54. The van der Waals surface area contributed by atoms with Crippen LogP contribution < -0.4 is 15.4 Å². The summed E-state index contributed by atoms with van der Waals surface area (Å²) in [6.45, 7) is 1.05. The summed E-state index contributed by atoms with van der Waals surface area (Å²) in [6.07, 6.45) is 3.99. The van der Waals surface area contributed by atoms with E-state index in [2.05, 4.69) is 10.6 Å². The molecular weight excluding hydrogens is 466 g/mol. The molecular formula is C26H31N3O5S. The number of amides is 3. The van der Waals surface area contributed by atoms with Crippen molar-refractivity contribution in [2.75, 3.05) is 25.5 Å². The van der Waals surface area contributed by atoms with E-state index in [9.17, 15) is 14.4 Å². The van der Waals surface area contributed by atoms with Crippen molar-refractivity contribution in [3.63, 3.8) is 0 Å². The fourth-order valence-corrected chi connectivity index (χ4v) is 5.44. The Labute approximate surface area is 209 Å². The second kappa shape index (κ2) is 10.4. The number of nitrogens with one attached hydrogen (secondary N) is 2. The summed E-state index contributed by atoms with van der Waals surface area (Å²) in [6, 6.07) is 8.83. The van der Waals surface area contributed by atoms with Gasteiger partial charge < -0.3 is 25.0 Å². The van der Waals surface area contributed by atoms with Crippen molar-refractivity contribution >= 4 is 34.7 Å². The summed E-state index contributed by atoms with van der Waals surface area (Å²) >= 11 is 1.53. The molecule has 0 bridgehead atoms. The summed E-state index contributed by atoms with van der Waals surface area (Å²) in [4.78, 5) is 40.8. The van der Waals surface area contributed by atoms with E-state index >= 15 is 0 Å². The lowest BCUT2D eigenvalue weighted by atomic mass is 9.94. The molecule has 35 heavy (non-hydrogen) atoms. The average molecular weight is 498 g/mol. The summed E-state index contributed by atoms with van der Waals surface area (Å²) in [5.74, 6) is 0.824. The van der Waals surface area contributed by atoms with E-state index in [1.165, 1.54) is 24.2 Å². The van der Waals surface area contributed by atoms with Gasteiger partial charge in [0, 0.05) is 24.2 Å². The van der Waals surface area contributed by atoms with Gasteiger partial charge in [-0.1, -0.05) is 6.07 Å². The maximum absolute atomic E-state index is 13.4. The highest BCUT2D eigenvalue weighted by Gasteiger charge is 2.39. The maximum Gasteiger partial charge on any atom is 0.257 e. The fourth-order valence-electron chi connectivity index (χ4n) is 4.74. The molecule has 8 nitrogen and oxygen atoms in total. The van der Waals surface area contributed by atoms with Gasteiger partial charge in [0.15, 0.2) is 0 Å². The Morgan fingerprint density at radius 3 is 2.77 bits per heavy atom. The Morgan fingerprint density at radius 2 is 2.00 bits per heavy atom. The first-order valence-electron chi connectivity index (χ1n) is 12.2. The molecule has 5 rings (SSSR count). The first-order chi connectivity index (χ1) is 17.0. The van der Waals surface area contributed by atoms with Crippen LogP contribution in [0.2, 0.25) is 0 Å². The minimum atomic E-state index is -0.308. The highest BCUT2D eigenvalue weighted by Crippen LogP contribution is 2.33. The molecule has 9 heteroatoms. The molecule has 2 fully saturated rings. The van der Waals surface area contributed by atoms with Gasteiger partial charge in [-0.3, -0.25) is 14.4 Å². The van der Waals surface area contributed by atoms with Crippen molar-refractivity contribution in [1.29, 1.82) is 0 Å². The number of thiophene rings is 1. The van der Waals surface area contributed by atoms with Gasteiger partial charge in [0.2, 0.25) is 11.8 Å². The van der Waals surface area contributed by atoms with Crippen LogP contribution in [-0.4, -0.2) is 61.1 Å². The second-order valence-electron chi connectivity index (χ2n) is 9.64. The Hall–Kier alpha value is -2.91. The molecule has 3 heterocycles. The normalized spacial score (nSPS) is 23.9. The second-order valence-corrected chi connectivity index (χ2v) is 10.7. The van der Waals surface area contributed by atoms with Crippen molar-refractivity contribution in [3.05, 3.63) is 46.2 Å². The number of likely N-dealkylation sites (N-methyl/N-ethyl adjacent to an activating group) is 1. The number of carbonyl (C=O) groups excluding carboxylic acids is 3. The lowest BCUT2D eigenvalue weighted by molar-refractivity contribution is -0.134. The third-order valence-corrected chi connectivity index (χ3v) is 7.78. The third kappa shape index (κ3) is 5.85. The molecule has 0 unspecified atom stereocenters. The lowest BCUT2D eigenvalue weighted by Crippen LogP contribution is -2.54. The van der Waals surface area contributed by atoms with E-state index in [-0.39, 0.29) is 36.0 Å². The molecule has 3 amide bonds. The molecule has 1 aliphatic carbocycles. The highest BCUT2D eigenvalue weighted by atomic mass is 32.1. The minimum absolute atomic E-state index is 0.0237. The lowest BCUT2D eigenvalue weighted by Gasteiger charge is -2.42. The smallest absolute Gasteiger partial charge is 0.257 e. The predicted octanol–water partition coefficient (Wildman–Crippen LogP) is 3.23. The maximum atomic E-state index is 13.4. The predicted molar refractivity (Wildman–Crippen MR) is 133 cm³/mol. The van der Waals surface area contributed by atoms with Gasteiger partial charge in [-0.05, 0) is 61.2 Å². The first kappa shape index (κ1) is 23.8. The summed E-state index contributed by atoms with van der Waals surface area (Å²) in [5, 5.41) is 7.82. The van der Waals surface area contributed by atoms with Crippen LogP contribution in [0.4, 0.5) is 5.69 Å². The van der Waals surface area contributed by atoms with E-state index in [1.54, 1.807) is 30.1 Å². The molecule has 1 aromatic heterocycles. The van der Waals surface area contributed by atoms with Crippen molar-refractivity contribution in [3.8, 4) is 5.75 Å². The zero-order chi connectivity index (χ0) is 24.4. The molecule has 1 saturated heterocycles. The van der Waals surface area contributed by atoms with Crippen LogP contribution in [0.5, 0.6) is 5.75 Å². The van der Waals surface area contributed by atoms with Crippen LogP contribution in [0.25, 0.3) is 0 Å². The van der Waals surface area contributed by atoms with Crippen molar-refractivity contribution in [2.24, 2.45) is 5.92 Å². The van der Waals surface area contributed by atoms with Crippen molar-refractivity contribution in [1.82, 2.24) is 10.2 Å². The van der Waals surface area contributed by atoms with E-state index in [4.69, 9.17) is 9.47 Å². The Bertz CT molecular complexity index is 1080. The number of nitrogens with zero attached hydrogens (tertiary/aromatic N) is 1. The summed E-state index contributed by atoms with van der Waals surface area (Å²) in [5.41, 5.74) is 0.978. The van der Waals surface area contributed by atoms with Gasteiger partial charge in [-0.25, -0.2) is 0 Å². The Kier molecular flexibility index (Phi) is 7.06. The van der Waals surface area contributed by atoms with Crippen molar-refractivity contribution < 1.29 is 23.9 Å². The van der Waals surface area contributed by atoms with E-state index in [0.29, 0.717) is 48.8 Å². The van der Waals surface area contributed by atoms with Crippen LogP contribution in [0.15, 0.2) is 35.7 Å². The highest BCUT2D eigenvalue weighted by molar-refractivity contribution is 7.10. The van der Waals surface area contributed by atoms with Gasteiger partial charge in [0.1, 0.15) is 18.5 Å². The topological polar surface area (TPSA) is 97.0 Å². The third-order valence-electron chi connectivity index (χ3n) is 6.91. The fraction of sp³-hybridized carbons (Fsp3) is 0.500. The SMILES string of the molecule is CN1C(=O)c2cc(NC(=O)Cc3cccs3)ccc2OC[C@@H]2O[C@@H](CC(=O)NCC3CC3)CC[C@@H]21. The molecule has 2 N–H and O–H groups in total. The number of hydrogen-bond acceptors (Lipinski definition) is 6. The van der Waals surface area contributed by atoms with Crippen LogP contribution in [0.3, 0.4) is 0 Å². The molecule has 1 aromatic carbocycles. The molecule has 2 aliphatic heterocycles. The monoisotopic (exact) mass is 497 g/mol. The number of carbonyl (C=O) groups is 3. The molecule has 3 atom stereocenters. The molecule has 0 radical (unpaired) electrons. The number of rotatable bonds is 7. The number of anilines is 1. The van der Waals surface area contributed by atoms with Crippen molar-refractivity contribution in [2.45, 2.75) is 56.8 Å². The first-order valence-corrected chi connectivity index (χ1v) is 13.1. The zero-order valence-corrected chi connectivity index (χ0v) is 20.6. The van der Waals surface area contributed by atoms with Crippen LogP contribution >= 0.6 is 11.3 Å². The number of benzene rings is 1. The minimum Gasteiger partial charge on any atom is -0.490 e. The zero-order valence-electron chi connectivity index (χ0n) is 19.8. The van der Waals surface area contributed by atoms with Gasteiger partial charge in [0.25, 0.3) is 5.91 Å². The van der Waals surface area contributed by atoms with Crippen LogP contribution in [-0.2, 0) is 20.7 Å². The standard InChI is InChI=1S/C26H31N3O5S/c1-29-21-8-7-18(12-24(30)27-14-16-4-5-16)34-23(21)15-33-22-9-6-17(11-20(22)26(29)32)28-25(31)13-19-3-2-10-35-19/h2-3,6,9-11,16,18,21,23H,4-5,7-8,12-15H2,1H3,(H,27,30)(H,28,31)/t18-,21+,23+/m1/s1. The van der Waals surface area contributed by atoms with Crippen LogP contribution in [0.1, 0.15) is 47.3 Å². The molecule has 0 spiro atoms. The van der Waals surface area contributed by atoms with Crippen LogP contribution in [0, 0.1) is 5.92 Å². The van der Waals surface area contributed by atoms with E-state index in [0.717, 1.165) is 17.8 Å². The Morgan fingerprint density at radius 1 is 1.14 bits per heavy atom. The quantitative estimate of drug-likeness (QED) is 0.612.